The van der Waals surface area contributed by atoms with Crippen molar-refractivity contribution in [2.45, 2.75) is 18.4 Å². The topological polar surface area (TPSA) is 85.1 Å². The summed E-state index contributed by atoms with van der Waals surface area (Å²) in [5.74, 6) is 0. The van der Waals surface area contributed by atoms with Crippen LogP contribution in [0.2, 0.25) is 0 Å². The number of aryl methyl sites for hydroxylation is 1. The first-order valence-corrected chi connectivity index (χ1v) is 7.34. The number of aromatic nitrogens is 1. The summed E-state index contributed by atoms with van der Waals surface area (Å²) in [6.07, 6.45) is 2.13. The van der Waals surface area contributed by atoms with Crippen LogP contribution in [-0.4, -0.2) is 13.4 Å². The standard InChI is InChI=1S/C13H15N3O2S/c1-2-10-6-3-4-8-12(10)16-19(17,18)13-11(14)7-5-9-15-13/h3-9,16H,2,14H2,1H3. The molecule has 1 heterocycles. The number of hydrogen-bond acceptors (Lipinski definition) is 4. The molecule has 0 radical (unpaired) electrons. The van der Waals surface area contributed by atoms with Gasteiger partial charge >= 0.3 is 0 Å². The molecule has 0 saturated heterocycles. The lowest BCUT2D eigenvalue weighted by Gasteiger charge is -2.11. The van der Waals surface area contributed by atoms with Gasteiger partial charge in [0.2, 0.25) is 0 Å². The lowest BCUT2D eigenvalue weighted by molar-refractivity contribution is 0.598. The van der Waals surface area contributed by atoms with E-state index in [0.29, 0.717) is 5.69 Å². The third-order valence-electron chi connectivity index (χ3n) is 2.70. The van der Waals surface area contributed by atoms with E-state index >= 15 is 0 Å². The summed E-state index contributed by atoms with van der Waals surface area (Å²) in [7, 11) is -3.76. The molecule has 5 nitrogen and oxygen atoms in total. The Labute approximate surface area is 112 Å². The van der Waals surface area contributed by atoms with E-state index in [0.717, 1.165) is 12.0 Å². The molecule has 0 amide bonds. The van der Waals surface area contributed by atoms with E-state index in [1.54, 1.807) is 18.2 Å². The number of rotatable bonds is 4. The molecule has 0 aliphatic heterocycles. The number of nitrogen functional groups attached to an aromatic ring is 1. The van der Waals surface area contributed by atoms with E-state index in [1.165, 1.54) is 12.3 Å². The van der Waals surface area contributed by atoms with E-state index in [1.807, 2.05) is 19.1 Å². The van der Waals surface area contributed by atoms with Crippen molar-refractivity contribution in [2.24, 2.45) is 0 Å². The highest BCUT2D eigenvalue weighted by Gasteiger charge is 2.19. The third-order valence-corrected chi connectivity index (χ3v) is 4.04. The molecule has 1 aromatic heterocycles. The van der Waals surface area contributed by atoms with Crippen LogP contribution in [0.1, 0.15) is 12.5 Å². The van der Waals surface area contributed by atoms with Gasteiger partial charge in [-0.1, -0.05) is 25.1 Å². The van der Waals surface area contributed by atoms with Crippen LogP contribution >= 0.6 is 0 Å². The molecule has 0 spiro atoms. The molecule has 0 saturated carbocycles. The third kappa shape index (κ3) is 2.85. The fraction of sp³-hybridized carbons (Fsp3) is 0.154. The molecule has 19 heavy (non-hydrogen) atoms. The summed E-state index contributed by atoms with van der Waals surface area (Å²) in [6.45, 7) is 1.96. The number of benzene rings is 1. The van der Waals surface area contributed by atoms with Crippen molar-refractivity contribution in [3.63, 3.8) is 0 Å². The van der Waals surface area contributed by atoms with Gasteiger partial charge in [-0.15, -0.1) is 0 Å². The highest BCUT2D eigenvalue weighted by atomic mass is 32.2. The van der Waals surface area contributed by atoms with Gasteiger partial charge in [-0.3, -0.25) is 4.72 Å². The van der Waals surface area contributed by atoms with Crippen LogP contribution in [0.25, 0.3) is 0 Å². The van der Waals surface area contributed by atoms with Crippen molar-refractivity contribution in [2.75, 3.05) is 10.5 Å². The summed E-state index contributed by atoms with van der Waals surface area (Å²) < 4.78 is 27.0. The van der Waals surface area contributed by atoms with E-state index in [2.05, 4.69) is 9.71 Å². The largest absolute Gasteiger partial charge is 0.396 e. The molecule has 0 bridgehead atoms. The highest BCUT2D eigenvalue weighted by Crippen LogP contribution is 2.21. The fourth-order valence-corrected chi connectivity index (χ4v) is 2.91. The Balaban J connectivity index is 2.40. The number of anilines is 2. The summed E-state index contributed by atoms with van der Waals surface area (Å²) in [5, 5.41) is -0.152. The van der Waals surface area contributed by atoms with E-state index in [-0.39, 0.29) is 10.7 Å². The Kier molecular flexibility index (Phi) is 3.71. The molecular formula is C13H15N3O2S. The second-order valence-electron chi connectivity index (χ2n) is 4.01. The molecule has 100 valence electrons. The number of nitrogens with one attached hydrogen (secondary N) is 1. The first-order valence-electron chi connectivity index (χ1n) is 5.86. The minimum Gasteiger partial charge on any atom is -0.396 e. The average Bonchev–Trinajstić information content (AvgIpc) is 2.39. The predicted molar refractivity (Wildman–Crippen MR) is 75.3 cm³/mol. The van der Waals surface area contributed by atoms with Crippen molar-refractivity contribution >= 4 is 21.4 Å². The first-order chi connectivity index (χ1) is 9.04. The monoisotopic (exact) mass is 277 g/mol. The second-order valence-corrected chi connectivity index (χ2v) is 5.61. The van der Waals surface area contributed by atoms with Crippen LogP contribution in [0.3, 0.4) is 0 Å². The quantitative estimate of drug-likeness (QED) is 0.895. The smallest absolute Gasteiger partial charge is 0.281 e. The Morgan fingerprint density at radius 3 is 2.63 bits per heavy atom. The summed E-state index contributed by atoms with van der Waals surface area (Å²) in [6, 6.07) is 10.3. The van der Waals surface area contributed by atoms with Crippen molar-refractivity contribution < 1.29 is 8.42 Å². The molecule has 0 fully saturated rings. The number of para-hydroxylation sites is 1. The van der Waals surface area contributed by atoms with Gasteiger partial charge in [-0.2, -0.15) is 8.42 Å². The van der Waals surface area contributed by atoms with Crippen LogP contribution in [-0.2, 0) is 16.4 Å². The molecule has 0 unspecified atom stereocenters. The average molecular weight is 277 g/mol. The fourth-order valence-electron chi connectivity index (χ4n) is 1.75. The maximum absolute atomic E-state index is 12.2. The van der Waals surface area contributed by atoms with Gasteiger partial charge in [0.15, 0.2) is 5.03 Å². The summed E-state index contributed by atoms with van der Waals surface area (Å²) in [5.41, 5.74) is 7.25. The molecule has 6 heteroatoms. The zero-order valence-electron chi connectivity index (χ0n) is 10.5. The number of nitrogens with zero attached hydrogens (tertiary/aromatic N) is 1. The van der Waals surface area contributed by atoms with Gasteiger partial charge in [0, 0.05) is 6.20 Å². The second kappa shape index (κ2) is 5.27. The number of nitrogens with two attached hydrogens (primary N) is 1. The van der Waals surface area contributed by atoms with Crippen molar-refractivity contribution in [1.82, 2.24) is 4.98 Å². The van der Waals surface area contributed by atoms with Crippen LogP contribution in [0.4, 0.5) is 11.4 Å². The van der Waals surface area contributed by atoms with Gasteiger partial charge in [0.25, 0.3) is 10.0 Å². The summed E-state index contributed by atoms with van der Waals surface area (Å²) >= 11 is 0. The van der Waals surface area contributed by atoms with Gasteiger partial charge in [0.1, 0.15) is 0 Å². The van der Waals surface area contributed by atoms with Crippen LogP contribution in [0.5, 0.6) is 0 Å². The molecule has 2 rings (SSSR count). The molecule has 0 atom stereocenters. The summed E-state index contributed by atoms with van der Waals surface area (Å²) in [4.78, 5) is 3.83. The predicted octanol–water partition coefficient (Wildman–Crippen LogP) is 2.03. The van der Waals surface area contributed by atoms with E-state index in [9.17, 15) is 8.42 Å². The van der Waals surface area contributed by atoms with Gasteiger partial charge in [-0.25, -0.2) is 4.98 Å². The zero-order valence-corrected chi connectivity index (χ0v) is 11.3. The Morgan fingerprint density at radius 2 is 1.95 bits per heavy atom. The van der Waals surface area contributed by atoms with E-state index < -0.39 is 10.0 Å². The molecule has 2 aromatic rings. The highest BCUT2D eigenvalue weighted by molar-refractivity contribution is 7.92. The molecule has 3 N–H and O–H groups in total. The molecule has 0 aliphatic rings. The Bertz CT molecular complexity index is 684. The van der Waals surface area contributed by atoms with Gasteiger partial charge in [0.05, 0.1) is 11.4 Å². The lowest BCUT2D eigenvalue weighted by Crippen LogP contribution is -2.17. The van der Waals surface area contributed by atoms with Crippen molar-refractivity contribution in [3.05, 3.63) is 48.2 Å². The van der Waals surface area contributed by atoms with Crippen LogP contribution < -0.4 is 10.5 Å². The van der Waals surface area contributed by atoms with Crippen LogP contribution in [0, 0.1) is 0 Å². The maximum Gasteiger partial charge on any atom is 0.281 e. The lowest BCUT2D eigenvalue weighted by atomic mass is 10.1. The maximum atomic E-state index is 12.2. The van der Waals surface area contributed by atoms with Gasteiger partial charge in [-0.05, 0) is 30.2 Å². The minimum atomic E-state index is -3.76. The first kappa shape index (κ1) is 13.4. The Morgan fingerprint density at radius 1 is 1.21 bits per heavy atom. The molecule has 0 aliphatic carbocycles. The molecule has 1 aromatic carbocycles. The number of hydrogen-bond donors (Lipinski definition) is 2. The molecular weight excluding hydrogens is 262 g/mol. The minimum absolute atomic E-state index is 0.129. The van der Waals surface area contributed by atoms with Gasteiger partial charge < -0.3 is 5.73 Å². The Hall–Kier alpha value is -2.08. The van der Waals surface area contributed by atoms with E-state index in [4.69, 9.17) is 5.73 Å². The van der Waals surface area contributed by atoms with Crippen molar-refractivity contribution in [1.29, 1.82) is 0 Å². The SMILES string of the molecule is CCc1ccccc1NS(=O)(=O)c1ncccc1N. The normalized spacial score (nSPS) is 11.2. The number of pyridine rings is 1. The zero-order chi connectivity index (χ0) is 13.9. The van der Waals surface area contributed by atoms with Crippen molar-refractivity contribution in [3.8, 4) is 0 Å². The van der Waals surface area contributed by atoms with Crippen LogP contribution in [0.15, 0.2) is 47.6 Å². The number of sulfonamides is 1.